The molecule has 0 saturated heterocycles. The summed E-state index contributed by atoms with van der Waals surface area (Å²) < 4.78 is 0. The van der Waals surface area contributed by atoms with Gasteiger partial charge >= 0.3 is 5.97 Å². The van der Waals surface area contributed by atoms with Crippen LogP contribution in [0, 0.1) is 0 Å². The van der Waals surface area contributed by atoms with Crippen molar-refractivity contribution in [2.45, 2.75) is 141 Å². The summed E-state index contributed by atoms with van der Waals surface area (Å²) in [6.45, 7) is 2.03. The fraction of sp³-hybridized carbons (Fsp3) is 0.815. The maximum atomic E-state index is 10.4. The van der Waals surface area contributed by atoms with Crippen LogP contribution in [0.1, 0.15) is 135 Å². The van der Waals surface area contributed by atoms with Crippen LogP contribution in [0.4, 0.5) is 0 Å². The molecular weight excluding hydrogens is 372 g/mol. The maximum Gasteiger partial charge on any atom is 0.303 e. The Balaban J connectivity index is 3.16. The number of rotatable bonds is 23. The summed E-state index contributed by atoms with van der Waals surface area (Å²) in [5.74, 6) is -0.662. The van der Waals surface area contributed by atoms with E-state index in [-0.39, 0.29) is 6.10 Å². The third kappa shape index (κ3) is 24.9. The molecule has 0 saturated carbocycles. The number of hydrogen-bond acceptors (Lipinski definition) is 2. The Morgan fingerprint density at radius 3 is 1.53 bits per heavy atom. The highest BCUT2D eigenvalue weighted by atomic mass is 16.4. The molecule has 3 nitrogen and oxygen atoms in total. The minimum Gasteiger partial charge on any atom is -0.481 e. The Bertz CT molecular complexity index is 414. The van der Waals surface area contributed by atoms with E-state index in [4.69, 9.17) is 5.11 Å². The molecule has 30 heavy (non-hydrogen) atoms. The zero-order chi connectivity index (χ0) is 22.1. The third-order valence-electron chi connectivity index (χ3n) is 5.76. The first kappa shape index (κ1) is 28.9. The average Bonchev–Trinajstić information content (AvgIpc) is 2.72. The summed E-state index contributed by atoms with van der Waals surface area (Å²) in [6, 6.07) is 0. The van der Waals surface area contributed by atoms with Gasteiger partial charge in [0.15, 0.2) is 0 Å². The molecule has 0 rings (SSSR count). The van der Waals surface area contributed by atoms with E-state index in [1.807, 2.05) is 6.92 Å². The number of aliphatic hydroxyl groups excluding tert-OH is 1. The van der Waals surface area contributed by atoms with Gasteiger partial charge in [0.05, 0.1) is 6.10 Å². The summed E-state index contributed by atoms with van der Waals surface area (Å²) in [4.78, 5) is 10.4. The second kappa shape index (κ2) is 24.2. The van der Waals surface area contributed by atoms with Crippen molar-refractivity contribution < 1.29 is 15.0 Å². The largest absolute Gasteiger partial charge is 0.481 e. The van der Waals surface area contributed by atoms with Crippen LogP contribution in [0.3, 0.4) is 0 Å². The van der Waals surface area contributed by atoms with E-state index in [1.54, 1.807) is 0 Å². The highest BCUT2D eigenvalue weighted by Gasteiger charge is 2.01. The Kier molecular flexibility index (Phi) is 23.3. The second-order valence-corrected chi connectivity index (χ2v) is 8.75. The number of hydrogen-bond donors (Lipinski definition) is 2. The Hall–Kier alpha value is -1.09. The van der Waals surface area contributed by atoms with E-state index in [0.29, 0.717) is 6.42 Å². The van der Waals surface area contributed by atoms with Crippen LogP contribution >= 0.6 is 0 Å². The van der Waals surface area contributed by atoms with Gasteiger partial charge in [-0.05, 0) is 32.6 Å². The number of unbranched alkanes of at least 4 members (excludes halogenated alkanes) is 15. The zero-order valence-electron chi connectivity index (χ0n) is 19.8. The third-order valence-corrected chi connectivity index (χ3v) is 5.76. The topological polar surface area (TPSA) is 57.5 Å². The Morgan fingerprint density at radius 1 is 0.667 bits per heavy atom. The lowest BCUT2D eigenvalue weighted by atomic mass is 10.0. The van der Waals surface area contributed by atoms with Gasteiger partial charge in [0.1, 0.15) is 0 Å². The molecule has 3 heteroatoms. The van der Waals surface area contributed by atoms with Gasteiger partial charge in [0.2, 0.25) is 0 Å². The van der Waals surface area contributed by atoms with E-state index >= 15 is 0 Å². The van der Waals surface area contributed by atoms with Crippen molar-refractivity contribution in [2.24, 2.45) is 0 Å². The first-order valence-electron chi connectivity index (χ1n) is 12.8. The molecule has 1 unspecified atom stereocenters. The number of aliphatic hydroxyl groups is 1. The molecule has 0 aromatic heterocycles. The first-order chi connectivity index (χ1) is 14.7. The minimum atomic E-state index is -0.662. The fourth-order valence-electron chi connectivity index (χ4n) is 3.81. The fourth-order valence-corrected chi connectivity index (χ4v) is 3.81. The standard InChI is InChI=1S/C27H50O3/c1-2-3-4-17-20-23-26(28)24-21-18-15-13-11-9-7-5-6-8-10-12-14-16-19-22-25-27(29)30/h2-3,17,20,26,28H,4-16,18-19,21-25H2,1H3,(H,29,30). The van der Waals surface area contributed by atoms with E-state index < -0.39 is 5.97 Å². The van der Waals surface area contributed by atoms with Crippen molar-refractivity contribution in [3.05, 3.63) is 24.3 Å². The lowest BCUT2D eigenvalue weighted by Crippen LogP contribution is -2.04. The number of aliphatic carboxylic acids is 1. The molecule has 1 atom stereocenters. The van der Waals surface area contributed by atoms with Gasteiger partial charge in [-0.25, -0.2) is 0 Å². The summed E-state index contributed by atoms with van der Waals surface area (Å²) in [7, 11) is 0. The smallest absolute Gasteiger partial charge is 0.303 e. The Morgan fingerprint density at radius 2 is 1.10 bits per heavy atom. The molecule has 0 amide bonds. The molecule has 0 spiro atoms. The van der Waals surface area contributed by atoms with Gasteiger partial charge in [-0.15, -0.1) is 0 Å². The lowest BCUT2D eigenvalue weighted by Gasteiger charge is -2.07. The SMILES string of the molecule is CC=CCC=CCC(O)CCCCCCCCCCCCCCCCCCC(=O)O. The van der Waals surface area contributed by atoms with E-state index in [0.717, 1.165) is 38.5 Å². The zero-order valence-corrected chi connectivity index (χ0v) is 19.8. The van der Waals surface area contributed by atoms with Gasteiger partial charge in [0.25, 0.3) is 0 Å². The Labute approximate surface area is 187 Å². The van der Waals surface area contributed by atoms with Crippen LogP contribution in [0.25, 0.3) is 0 Å². The summed E-state index contributed by atoms with van der Waals surface area (Å²) in [5.41, 5.74) is 0. The molecule has 0 aromatic rings. The molecule has 2 N–H and O–H groups in total. The summed E-state index contributed by atoms with van der Waals surface area (Å²) >= 11 is 0. The van der Waals surface area contributed by atoms with E-state index in [1.165, 1.54) is 83.5 Å². The van der Waals surface area contributed by atoms with Crippen molar-refractivity contribution in [1.82, 2.24) is 0 Å². The van der Waals surface area contributed by atoms with Crippen molar-refractivity contribution >= 4 is 5.97 Å². The second-order valence-electron chi connectivity index (χ2n) is 8.75. The van der Waals surface area contributed by atoms with Crippen LogP contribution in [0.2, 0.25) is 0 Å². The number of allylic oxidation sites excluding steroid dienone is 3. The molecule has 0 aliphatic heterocycles. The predicted octanol–water partition coefficient (Wildman–Crippen LogP) is 8.37. The molecule has 176 valence electrons. The minimum absolute atomic E-state index is 0.163. The van der Waals surface area contributed by atoms with Crippen molar-refractivity contribution in [2.75, 3.05) is 0 Å². The number of carboxylic acids is 1. The predicted molar refractivity (Wildman–Crippen MR) is 130 cm³/mol. The van der Waals surface area contributed by atoms with Crippen LogP contribution in [-0.4, -0.2) is 22.3 Å². The van der Waals surface area contributed by atoms with Crippen molar-refractivity contribution in [3.8, 4) is 0 Å². The highest BCUT2D eigenvalue weighted by molar-refractivity contribution is 5.66. The molecule has 0 aliphatic rings. The van der Waals surface area contributed by atoms with Crippen LogP contribution in [-0.2, 0) is 4.79 Å². The van der Waals surface area contributed by atoms with Crippen LogP contribution in [0.15, 0.2) is 24.3 Å². The van der Waals surface area contributed by atoms with Gasteiger partial charge in [-0.2, -0.15) is 0 Å². The van der Waals surface area contributed by atoms with Crippen LogP contribution in [0.5, 0.6) is 0 Å². The molecule has 0 aromatic carbocycles. The van der Waals surface area contributed by atoms with Crippen LogP contribution < -0.4 is 0 Å². The van der Waals surface area contributed by atoms with Gasteiger partial charge in [-0.1, -0.05) is 121 Å². The van der Waals surface area contributed by atoms with Gasteiger partial charge in [-0.3, -0.25) is 4.79 Å². The first-order valence-corrected chi connectivity index (χ1v) is 12.8. The summed E-state index contributed by atoms with van der Waals surface area (Å²) in [5, 5.41) is 18.5. The molecule has 0 radical (unpaired) electrons. The molecule has 0 fully saturated rings. The van der Waals surface area contributed by atoms with Gasteiger partial charge in [0, 0.05) is 6.42 Å². The lowest BCUT2D eigenvalue weighted by molar-refractivity contribution is -0.137. The average molecular weight is 423 g/mol. The highest BCUT2D eigenvalue weighted by Crippen LogP contribution is 2.15. The molecule has 0 bridgehead atoms. The van der Waals surface area contributed by atoms with Gasteiger partial charge < -0.3 is 10.2 Å². The van der Waals surface area contributed by atoms with Crippen molar-refractivity contribution in [1.29, 1.82) is 0 Å². The summed E-state index contributed by atoms with van der Waals surface area (Å²) in [6.07, 6.45) is 31.7. The number of carbonyl (C=O) groups is 1. The van der Waals surface area contributed by atoms with Crippen molar-refractivity contribution in [3.63, 3.8) is 0 Å². The normalized spacial score (nSPS) is 12.9. The quantitative estimate of drug-likeness (QED) is 0.128. The van der Waals surface area contributed by atoms with E-state index in [9.17, 15) is 9.90 Å². The molecular formula is C27H50O3. The molecule has 0 heterocycles. The maximum absolute atomic E-state index is 10.4. The number of carboxylic acid groups (broad SMARTS) is 1. The monoisotopic (exact) mass is 422 g/mol. The molecule has 0 aliphatic carbocycles. The van der Waals surface area contributed by atoms with E-state index in [2.05, 4.69) is 24.3 Å².